The highest BCUT2D eigenvalue weighted by atomic mass is 32.2. The van der Waals surface area contributed by atoms with Gasteiger partial charge in [-0.3, -0.25) is 4.57 Å². The largest absolute Gasteiger partial charge is 0.331 e. The fourth-order valence-corrected chi connectivity index (χ4v) is 8.52. The summed E-state index contributed by atoms with van der Waals surface area (Å²) in [6.45, 7) is 4.45. The maximum atomic E-state index is 12.9. The maximum Gasteiger partial charge on any atom is 0.331 e. The Bertz CT molecular complexity index is 581. The van der Waals surface area contributed by atoms with Gasteiger partial charge in [-0.15, -0.1) is 0 Å². The number of rotatable bonds is 9. The number of hydrogen-bond donors (Lipinski definition) is 1. The van der Waals surface area contributed by atoms with Crippen molar-refractivity contribution in [2.24, 2.45) is 5.41 Å². The van der Waals surface area contributed by atoms with E-state index in [1.807, 2.05) is 13.8 Å². The topological polar surface area (TPSA) is 81.7 Å². The van der Waals surface area contributed by atoms with Gasteiger partial charge in [0.1, 0.15) is 0 Å². The summed E-state index contributed by atoms with van der Waals surface area (Å²) in [6.07, 6.45) is 7.22. The monoisotopic (exact) mass is 379 g/mol. The Labute approximate surface area is 145 Å². The van der Waals surface area contributed by atoms with E-state index >= 15 is 0 Å². The molecule has 1 N–H and O–H groups in total. The summed E-state index contributed by atoms with van der Waals surface area (Å²) in [5, 5.41) is -0.170. The molecule has 4 fully saturated rings. The van der Waals surface area contributed by atoms with Crippen LogP contribution in [0.25, 0.3) is 0 Å². The molecular weight excluding hydrogens is 349 g/mol. The molecule has 0 aromatic rings. The van der Waals surface area contributed by atoms with Crippen LogP contribution in [0.15, 0.2) is 0 Å². The first kappa shape index (κ1) is 18.8. The van der Waals surface area contributed by atoms with E-state index in [4.69, 9.17) is 9.05 Å². The number of hydrogen-bond acceptors (Lipinski definition) is 5. The van der Waals surface area contributed by atoms with Crippen LogP contribution in [0, 0.1) is 5.41 Å². The third kappa shape index (κ3) is 3.90. The van der Waals surface area contributed by atoms with Gasteiger partial charge in [0.2, 0.25) is 10.0 Å². The van der Waals surface area contributed by atoms with Gasteiger partial charge in [0.05, 0.1) is 24.6 Å². The van der Waals surface area contributed by atoms with Crippen LogP contribution in [0.1, 0.15) is 65.2 Å². The highest BCUT2D eigenvalue weighted by Crippen LogP contribution is 2.61. The van der Waals surface area contributed by atoms with Crippen LogP contribution in [0.2, 0.25) is 0 Å². The standard InChI is InChI=1S/C16H30NO5PS/c1-3-21-23(18,22-4-2)13-15-7-10-16(11-8-15,12-9-15)17-24(19,20)14-5-6-14/h14,17H,3-13H2,1-2H3. The third-order valence-corrected chi connectivity index (χ3v) is 10.3. The van der Waals surface area contributed by atoms with Gasteiger partial charge in [0.15, 0.2) is 0 Å². The Balaban J connectivity index is 1.65. The van der Waals surface area contributed by atoms with Crippen LogP contribution < -0.4 is 4.72 Å². The zero-order valence-electron chi connectivity index (χ0n) is 14.8. The Morgan fingerprint density at radius 3 is 1.92 bits per heavy atom. The van der Waals surface area contributed by atoms with Gasteiger partial charge in [-0.05, 0) is 70.6 Å². The summed E-state index contributed by atoms with van der Waals surface area (Å²) in [5.41, 5.74) is -0.295. The average molecular weight is 379 g/mol. The van der Waals surface area contributed by atoms with Gasteiger partial charge in [-0.2, -0.15) is 0 Å². The lowest BCUT2D eigenvalue weighted by molar-refractivity contribution is 0.0466. The lowest BCUT2D eigenvalue weighted by Gasteiger charge is -2.53. The molecule has 4 aliphatic rings. The molecule has 0 aromatic carbocycles. The minimum Gasteiger partial charge on any atom is -0.309 e. The first-order valence-electron chi connectivity index (χ1n) is 9.17. The summed E-state index contributed by atoms with van der Waals surface area (Å²) in [6, 6.07) is 0. The van der Waals surface area contributed by atoms with Crippen molar-refractivity contribution in [1.29, 1.82) is 0 Å². The Kier molecular flexibility index (Phi) is 5.23. The maximum absolute atomic E-state index is 12.9. The zero-order chi connectivity index (χ0) is 17.5. The van der Waals surface area contributed by atoms with Gasteiger partial charge in [0, 0.05) is 5.54 Å². The highest BCUT2D eigenvalue weighted by Gasteiger charge is 2.53. The van der Waals surface area contributed by atoms with Gasteiger partial charge < -0.3 is 9.05 Å². The van der Waals surface area contributed by atoms with E-state index < -0.39 is 17.6 Å². The molecule has 8 heteroatoms. The van der Waals surface area contributed by atoms with E-state index in [0.29, 0.717) is 19.4 Å². The molecule has 0 aromatic heterocycles. The van der Waals surface area contributed by atoms with Crippen molar-refractivity contribution < 1.29 is 22.0 Å². The van der Waals surface area contributed by atoms with Crippen molar-refractivity contribution in [3.05, 3.63) is 0 Å². The summed E-state index contributed by atoms with van der Waals surface area (Å²) in [7, 11) is -6.21. The van der Waals surface area contributed by atoms with E-state index in [9.17, 15) is 13.0 Å². The fraction of sp³-hybridized carbons (Fsp3) is 1.00. The molecule has 4 aliphatic carbocycles. The Morgan fingerprint density at radius 2 is 1.50 bits per heavy atom. The lowest BCUT2D eigenvalue weighted by atomic mass is 9.58. The molecule has 2 bridgehead atoms. The Morgan fingerprint density at radius 1 is 1.00 bits per heavy atom. The molecule has 0 unspecified atom stereocenters. The van der Waals surface area contributed by atoms with Crippen molar-refractivity contribution in [2.45, 2.75) is 76.0 Å². The number of sulfonamides is 1. The molecule has 6 nitrogen and oxygen atoms in total. The molecule has 24 heavy (non-hydrogen) atoms. The lowest BCUT2D eigenvalue weighted by Crippen LogP contribution is -2.57. The minimum absolute atomic E-state index is 0.0212. The Hall–Kier alpha value is 0.0600. The van der Waals surface area contributed by atoms with Gasteiger partial charge in [-0.25, -0.2) is 13.1 Å². The number of fused-ring (bicyclic) bond motifs is 3. The van der Waals surface area contributed by atoms with Crippen molar-refractivity contribution in [3.63, 3.8) is 0 Å². The molecule has 140 valence electrons. The van der Waals surface area contributed by atoms with Crippen molar-refractivity contribution >= 4 is 17.6 Å². The average Bonchev–Trinajstić information content (AvgIpc) is 3.34. The molecule has 0 radical (unpaired) electrons. The molecule has 0 atom stereocenters. The van der Waals surface area contributed by atoms with Crippen LogP contribution in [0.4, 0.5) is 0 Å². The quantitative estimate of drug-likeness (QED) is 0.621. The fourth-order valence-electron chi connectivity index (χ4n) is 4.35. The van der Waals surface area contributed by atoms with Crippen molar-refractivity contribution in [1.82, 2.24) is 4.72 Å². The van der Waals surface area contributed by atoms with E-state index in [1.54, 1.807) is 0 Å². The third-order valence-electron chi connectivity index (χ3n) is 5.90. The van der Waals surface area contributed by atoms with Gasteiger partial charge in [-0.1, -0.05) is 0 Å². The van der Waals surface area contributed by atoms with Crippen LogP contribution in [0.5, 0.6) is 0 Å². The minimum atomic E-state index is -3.16. The molecule has 0 saturated heterocycles. The van der Waals surface area contributed by atoms with Crippen LogP contribution in [-0.2, 0) is 23.6 Å². The van der Waals surface area contributed by atoms with Crippen LogP contribution >= 0.6 is 7.60 Å². The molecular formula is C16H30NO5PS. The van der Waals surface area contributed by atoms with E-state index in [2.05, 4.69) is 4.72 Å². The predicted octanol–water partition coefficient (Wildman–Crippen LogP) is 3.43. The van der Waals surface area contributed by atoms with Crippen molar-refractivity contribution in [2.75, 3.05) is 19.4 Å². The smallest absolute Gasteiger partial charge is 0.309 e. The number of nitrogens with one attached hydrogen (secondary N) is 1. The molecule has 4 rings (SSSR count). The zero-order valence-corrected chi connectivity index (χ0v) is 16.5. The molecule has 0 aliphatic heterocycles. The normalized spacial score (nSPS) is 33.8. The first-order valence-corrected chi connectivity index (χ1v) is 12.4. The second-order valence-corrected chi connectivity index (χ2v) is 11.7. The SMILES string of the molecule is CCOP(=O)(CC12CCC(NS(=O)(=O)C3CC3)(CC1)CC2)OCC. The van der Waals surface area contributed by atoms with Crippen LogP contribution in [0.3, 0.4) is 0 Å². The van der Waals surface area contributed by atoms with Gasteiger partial charge in [0.25, 0.3) is 0 Å². The summed E-state index contributed by atoms with van der Waals surface area (Å²) < 4.78 is 51.6. The first-order chi connectivity index (χ1) is 11.3. The summed E-state index contributed by atoms with van der Waals surface area (Å²) in [4.78, 5) is 0. The second kappa shape index (κ2) is 6.66. The molecule has 0 amide bonds. The molecule has 0 spiro atoms. The van der Waals surface area contributed by atoms with Crippen molar-refractivity contribution in [3.8, 4) is 0 Å². The van der Waals surface area contributed by atoms with E-state index in [-0.39, 0.29) is 16.2 Å². The predicted molar refractivity (Wildman–Crippen MR) is 93.7 cm³/mol. The van der Waals surface area contributed by atoms with Gasteiger partial charge >= 0.3 is 7.60 Å². The molecule has 4 saturated carbocycles. The van der Waals surface area contributed by atoms with E-state index in [0.717, 1.165) is 51.4 Å². The summed E-state index contributed by atoms with van der Waals surface area (Å²) >= 11 is 0. The summed E-state index contributed by atoms with van der Waals surface area (Å²) in [5.74, 6) is 0. The van der Waals surface area contributed by atoms with Crippen LogP contribution in [-0.4, -0.2) is 38.6 Å². The second-order valence-electron chi connectivity index (χ2n) is 7.73. The highest BCUT2D eigenvalue weighted by molar-refractivity contribution is 7.90. The molecule has 0 heterocycles. The van der Waals surface area contributed by atoms with E-state index in [1.165, 1.54) is 0 Å².